The predicted molar refractivity (Wildman–Crippen MR) is 45.1 cm³/mol. The van der Waals surface area contributed by atoms with E-state index in [-0.39, 0.29) is 5.12 Å². The molecule has 0 aromatic rings. The van der Waals surface area contributed by atoms with E-state index in [0.29, 0.717) is 5.25 Å². The number of hydrogen-bond donors (Lipinski definition) is 0. The van der Waals surface area contributed by atoms with Gasteiger partial charge in [-0.05, 0) is 25.2 Å². The molecule has 0 aromatic carbocycles. The van der Waals surface area contributed by atoms with Crippen LogP contribution >= 0.6 is 11.8 Å². The molecule has 2 heteroatoms. The number of rotatable bonds is 1. The number of thioether (sulfide) groups is 1. The van der Waals surface area contributed by atoms with Crippen LogP contribution in [0.5, 0.6) is 0 Å². The molecule has 1 rings (SSSR count). The third kappa shape index (κ3) is 2.33. The van der Waals surface area contributed by atoms with Crippen molar-refractivity contribution in [3.8, 4) is 0 Å². The third-order valence-corrected chi connectivity index (χ3v) is 3.07. The highest BCUT2D eigenvalue weighted by Crippen LogP contribution is 2.33. The van der Waals surface area contributed by atoms with E-state index in [2.05, 4.69) is 6.92 Å². The van der Waals surface area contributed by atoms with Crippen LogP contribution in [0.25, 0.3) is 0 Å². The minimum Gasteiger partial charge on any atom is -0.288 e. The molecule has 0 bridgehead atoms. The molecule has 0 heterocycles. The first kappa shape index (κ1) is 8.12. The Balaban J connectivity index is 2.24. The van der Waals surface area contributed by atoms with Crippen molar-refractivity contribution in [1.82, 2.24) is 0 Å². The second-order valence-electron chi connectivity index (χ2n) is 3.15. The SMILES string of the molecule is CC(=O)SC1CCC(C)C1. The maximum absolute atomic E-state index is 10.7. The molecular weight excluding hydrogens is 144 g/mol. The molecule has 2 atom stereocenters. The molecule has 0 aromatic heterocycles. The standard InChI is InChI=1S/C8H14OS/c1-6-3-4-8(5-6)10-7(2)9/h6,8H,3-5H2,1-2H3. The van der Waals surface area contributed by atoms with Gasteiger partial charge >= 0.3 is 0 Å². The second-order valence-corrected chi connectivity index (χ2v) is 4.63. The van der Waals surface area contributed by atoms with Crippen molar-refractivity contribution >= 4 is 16.9 Å². The van der Waals surface area contributed by atoms with Gasteiger partial charge in [-0.2, -0.15) is 0 Å². The largest absolute Gasteiger partial charge is 0.288 e. The van der Waals surface area contributed by atoms with Crippen LogP contribution < -0.4 is 0 Å². The lowest BCUT2D eigenvalue weighted by Gasteiger charge is -2.04. The summed E-state index contributed by atoms with van der Waals surface area (Å²) in [5, 5.41) is 0.909. The van der Waals surface area contributed by atoms with Gasteiger partial charge < -0.3 is 0 Å². The molecule has 1 fully saturated rings. The van der Waals surface area contributed by atoms with Gasteiger partial charge in [0.2, 0.25) is 0 Å². The lowest BCUT2D eigenvalue weighted by atomic mass is 10.1. The average Bonchev–Trinajstić information content (AvgIpc) is 2.13. The molecule has 1 saturated carbocycles. The van der Waals surface area contributed by atoms with Crippen LogP contribution in [0.3, 0.4) is 0 Å². The molecule has 0 amide bonds. The summed E-state index contributed by atoms with van der Waals surface area (Å²) in [4.78, 5) is 10.7. The van der Waals surface area contributed by atoms with Gasteiger partial charge in [0.15, 0.2) is 5.12 Å². The monoisotopic (exact) mass is 158 g/mol. The van der Waals surface area contributed by atoms with E-state index in [4.69, 9.17) is 0 Å². The van der Waals surface area contributed by atoms with E-state index in [1.807, 2.05) is 0 Å². The first-order valence-corrected chi connectivity index (χ1v) is 4.73. The summed E-state index contributed by atoms with van der Waals surface area (Å²) in [7, 11) is 0. The summed E-state index contributed by atoms with van der Waals surface area (Å²) in [5.74, 6) is 0.844. The molecule has 1 aliphatic rings. The summed E-state index contributed by atoms with van der Waals surface area (Å²) in [6, 6.07) is 0. The summed E-state index contributed by atoms with van der Waals surface area (Å²) in [6.07, 6.45) is 3.79. The molecule has 1 aliphatic carbocycles. The maximum Gasteiger partial charge on any atom is 0.186 e. The van der Waals surface area contributed by atoms with Crippen molar-refractivity contribution in [3.05, 3.63) is 0 Å². The van der Waals surface area contributed by atoms with E-state index in [1.165, 1.54) is 31.0 Å². The quantitative estimate of drug-likeness (QED) is 0.583. The first-order chi connectivity index (χ1) is 4.68. The van der Waals surface area contributed by atoms with Crippen LogP contribution in [0.2, 0.25) is 0 Å². The van der Waals surface area contributed by atoms with Gasteiger partial charge in [-0.1, -0.05) is 18.7 Å². The topological polar surface area (TPSA) is 17.1 Å². The summed E-state index contributed by atoms with van der Waals surface area (Å²) in [6.45, 7) is 3.92. The maximum atomic E-state index is 10.7. The van der Waals surface area contributed by atoms with E-state index in [0.717, 1.165) is 5.92 Å². The van der Waals surface area contributed by atoms with Crippen molar-refractivity contribution in [1.29, 1.82) is 0 Å². The molecule has 0 spiro atoms. The second kappa shape index (κ2) is 3.42. The van der Waals surface area contributed by atoms with Crippen molar-refractivity contribution in [2.24, 2.45) is 5.92 Å². The third-order valence-electron chi connectivity index (χ3n) is 1.98. The zero-order valence-electron chi connectivity index (χ0n) is 6.59. The average molecular weight is 158 g/mol. The molecule has 0 radical (unpaired) electrons. The van der Waals surface area contributed by atoms with Gasteiger partial charge in [0.05, 0.1) is 0 Å². The zero-order chi connectivity index (χ0) is 7.56. The van der Waals surface area contributed by atoms with E-state index < -0.39 is 0 Å². The molecule has 0 N–H and O–H groups in total. The Kier molecular flexibility index (Phi) is 2.78. The van der Waals surface area contributed by atoms with E-state index in [9.17, 15) is 4.79 Å². The van der Waals surface area contributed by atoms with E-state index >= 15 is 0 Å². The molecular formula is C8H14OS. The van der Waals surface area contributed by atoms with Crippen molar-refractivity contribution in [2.75, 3.05) is 0 Å². The van der Waals surface area contributed by atoms with Gasteiger partial charge in [0.25, 0.3) is 0 Å². The van der Waals surface area contributed by atoms with Crippen LogP contribution in [-0.2, 0) is 4.79 Å². The number of carbonyl (C=O) groups is 1. The molecule has 2 unspecified atom stereocenters. The summed E-state index contributed by atoms with van der Waals surface area (Å²) < 4.78 is 0. The van der Waals surface area contributed by atoms with Crippen LogP contribution in [0.1, 0.15) is 33.1 Å². The Hall–Kier alpha value is 0.0200. The van der Waals surface area contributed by atoms with Crippen molar-refractivity contribution in [3.63, 3.8) is 0 Å². The van der Waals surface area contributed by atoms with Gasteiger partial charge in [0, 0.05) is 12.2 Å². The molecule has 58 valence electrons. The Morgan fingerprint density at radius 3 is 2.60 bits per heavy atom. The fourth-order valence-electron chi connectivity index (χ4n) is 1.50. The number of hydrogen-bond acceptors (Lipinski definition) is 2. The highest BCUT2D eigenvalue weighted by atomic mass is 32.2. The van der Waals surface area contributed by atoms with Crippen LogP contribution in [0, 0.1) is 5.92 Å². The molecule has 1 nitrogen and oxygen atoms in total. The Morgan fingerprint density at radius 1 is 1.50 bits per heavy atom. The lowest BCUT2D eigenvalue weighted by Crippen LogP contribution is -1.98. The molecule has 10 heavy (non-hydrogen) atoms. The van der Waals surface area contributed by atoms with Gasteiger partial charge in [-0.15, -0.1) is 0 Å². The van der Waals surface area contributed by atoms with Gasteiger partial charge in [-0.3, -0.25) is 4.79 Å². The van der Waals surface area contributed by atoms with E-state index in [1.54, 1.807) is 6.92 Å². The fourth-order valence-corrected chi connectivity index (χ4v) is 2.64. The normalized spacial score (nSPS) is 32.6. The Bertz CT molecular complexity index is 133. The zero-order valence-corrected chi connectivity index (χ0v) is 7.41. The summed E-state index contributed by atoms with van der Waals surface area (Å²) >= 11 is 1.53. The molecule has 0 aliphatic heterocycles. The van der Waals surface area contributed by atoms with Crippen molar-refractivity contribution in [2.45, 2.75) is 38.4 Å². The highest BCUT2D eigenvalue weighted by molar-refractivity contribution is 8.14. The van der Waals surface area contributed by atoms with Crippen LogP contribution in [0.4, 0.5) is 0 Å². The minimum atomic E-state index is 0.277. The van der Waals surface area contributed by atoms with Crippen LogP contribution in [-0.4, -0.2) is 10.4 Å². The lowest BCUT2D eigenvalue weighted by molar-refractivity contribution is -0.109. The Labute approximate surface area is 66.6 Å². The van der Waals surface area contributed by atoms with Crippen molar-refractivity contribution < 1.29 is 4.79 Å². The first-order valence-electron chi connectivity index (χ1n) is 3.85. The van der Waals surface area contributed by atoms with Crippen LogP contribution in [0.15, 0.2) is 0 Å². The minimum absolute atomic E-state index is 0.277. The van der Waals surface area contributed by atoms with Gasteiger partial charge in [-0.25, -0.2) is 0 Å². The highest BCUT2D eigenvalue weighted by Gasteiger charge is 2.22. The fraction of sp³-hybridized carbons (Fsp3) is 0.875. The van der Waals surface area contributed by atoms with Gasteiger partial charge in [0.1, 0.15) is 0 Å². The predicted octanol–water partition coefficient (Wildman–Crippen LogP) is 2.45. The number of carbonyl (C=O) groups excluding carboxylic acids is 1. The summed E-state index contributed by atoms with van der Waals surface area (Å²) in [5.41, 5.74) is 0. The molecule has 0 saturated heterocycles. The smallest absolute Gasteiger partial charge is 0.186 e. The Morgan fingerprint density at radius 2 is 2.20 bits per heavy atom.